The number of anilines is 1. The molecule has 0 unspecified atom stereocenters. The molecule has 28 heavy (non-hydrogen) atoms. The SMILES string of the molecule is CC[C@H](C)[C@H](C(=O)OCC(=O)Nc1ccc([N+](=O)[O-])cc1C)c1ccccc1. The number of hydrogen-bond acceptors (Lipinski definition) is 5. The molecule has 0 saturated carbocycles. The summed E-state index contributed by atoms with van der Waals surface area (Å²) in [5, 5.41) is 13.4. The molecule has 0 aliphatic rings. The second-order valence-electron chi connectivity index (χ2n) is 6.69. The third kappa shape index (κ3) is 5.39. The molecular formula is C21H24N2O5. The first-order valence-corrected chi connectivity index (χ1v) is 9.10. The van der Waals surface area contributed by atoms with Gasteiger partial charge in [-0.1, -0.05) is 50.6 Å². The number of aryl methyl sites for hydroxylation is 1. The Bertz CT molecular complexity index is 851. The predicted octanol–water partition coefficient (Wildman–Crippen LogP) is 4.21. The number of nitrogens with zero attached hydrogens (tertiary/aromatic N) is 1. The van der Waals surface area contributed by atoms with Gasteiger partial charge in [0.25, 0.3) is 11.6 Å². The second-order valence-corrected chi connectivity index (χ2v) is 6.69. The lowest BCUT2D eigenvalue weighted by Crippen LogP contribution is -2.27. The largest absolute Gasteiger partial charge is 0.455 e. The number of ether oxygens (including phenoxy) is 1. The summed E-state index contributed by atoms with van der Waals surface area (Å²) >= 11 is 0. The van der Waals surface area contributed by atoms with E-state index in [-0.39, 0.29) is 11.6 Å². The van der Waals surface area contributed by atoms with Crippen molar-refractivity contribution in [3.05, 3.63) is 69.8 Å². The molecule has 7 heteroatoms. The van der Waals surface area contributed by atoms with Crippen molar-refractivity contribution in [3.8, 4) is 0 Å². The average Bonchev–Trinajstić information content (AvgIpc) is 2.68. The van der Waals surface area contributed by atoms with E-state index in [4.69, 9.17) is 4.74 Å². The van der Waals surface area contributed by atoms with Gasteiger partial charge in [0.1, 0.15) is 0 Å². The van der Waals surface area contributed by atoms with E-state index in [1.807, 2.05) is 44.2 Å². The second kappa shape index (κ2) is 9.64. The molecular weight excluding hydrogens is 360 g/mol. The lowest BCUT2D eigenvalue weighted by molar-refractivity contribution is -0.384. The molecule has 0 fully saturated rings. The summed E-state index contributed by atoms with van der Waals surface area (Å²) < 4.78 is 5.26. The molecule has 1 N–H and O–H groups in total. The Labute approximate surface area is 163 Å². The summed E-state index contributed by atoms with van der Waals surface area (Å²) in [6, 6.07) is 13.5. The van der Waals surface area contributed by atoms with E-state index >= 15 is 0 Å². The number of nitrogens with one attached hydrogen (secondary N) is 1. The molecule has 0 aromatic heterocycles. The molecule has 7 nitrogen and oxygen atoms in total. The average molecular weight is 384 g/mol. The molecule has 0 bridgehead atoms. The Balaban J connectivity index is 2.01. The maximum absolute atomic E-state index is 12.6. The molecule has 0 spiro atoms. The highest BCUT2D eigenvalue weighted by molar-refractivity contribution is 5.94. The van der Waals surface area contributed by atoms with Crippen LogP contribution in [0.5, 0.6) is 0 Å². The number of amides is 1. The van der Waals surface area contributed by atoms with Crippen molar-refractivity contribution in [2.24, 2.45) is 5.92 Å². The Morgan fingerprint density at radius 2 is 1.86 bits per heavy atom. The fourth-order valence-corrected chi connectivity index (χ4v) is 2.91. The van der Waals surface area contributed by atoms with Crippen molar-refractivity contribution in [1.29, 1.82) is 0 Å². The first-order chi connectivity index (χ1) is 13.3. The fraction of sp³-hybridized carbons (Fsp3) is 0.333. The van der Waals surface area contributed by atoms with Crippen LogP contribution in [0.15, 0.2) is 48.5 Å². The van der Waals surface area contributed by atoms with E-state index in [2.05, 4.69) is 5.32 Å². The van der Waals surface area contributed by atoms with Gasteiger partial charge in [0.15, 0.2) is 6.61 Å². The van der Waals surface area contributed by atoms with Crippen LogP contribution < -0.4 is 5.32 Å². The van der Waals surface area contributed by atoms with Crippen LogP contribution in [0.1, 0.15) is 37.3 Å². The molecule has 0 aliphatic heterocycles. The first-order valence-electron chi connectivity index (χ1n) is 9.10. The maximum Gasteiger partial charge on any atom is 0.314 e. The van der Waals surface area contributed by atoms with E-state index in [1.165, 1.54) is 18.2 Å². The quantitative estimate of drug-likeness (QED) is 0.417. The molecule has 2 aromatic rings. The number of nitro groups is 1. The predicted molar refractivity (Wildman–Crippen MR) is 106 cm³/mol. The van der Waals surface area contributed by atoms with Gasteiger partial charge in [-0.25, -0.2) is 0 Å². The highest BCUT2D eigenvalue weighted by Crippen LogP contribution is 2.28. The van der Waals surface area contributed by atoms with Gasteiger partial charge < -0.3 is 10.1 Å². The van der Waals surface area contributed by atoms with E-state index in [1.54, 1.807) is 6.92 Å². The van der Waals surface area contributed by atoms with Crippen molar-refractivity contribution in [2.75, 3.05) is 11.9 Å². The zero-order chi connectivity index (χ0) is 20.7. The van der Waals surface area contributed by atoms with E-state index < -0.39 is 29.3 Å². The zero-order valence-corrected chi connectivity index (χ0v) is 16.2. The number of carbonyl (C=O) groups is 2. The fourth-order valence-electron chi connectivity index (χ4n) is 2.91. The number of hydrogen-bond donors (Lipinski definition) is 1. The van der Waals surface area contributed by atoms with Gasteiger partial charge >= 0.3 is 5.97 Å². The highest BCUT2D eigenvalue weighted by Gasteiger charge is 2.27. The van der Waals surface area contributed by atoms with Crippen LogP contribution in [-0.2, 0) is 14.3 Å². The number of non-ortho nitro benzene ring substituents is 1. The highest BCUT2D eigenvalue weighted by atomic mass is 16.6. The minimum Gasteiger partial charge on any atom is -0.455 e. The smallest absolute Gasteiger partial charge is 0.314 e. The van der Waals surface area contributed by atoms with Crippen LogP contribution in [-0.4, -0.2) is 23.4 Å². The Morgan fingerprint density at radius 1 is 1.18 bits per heavy atom. The number of benzene rings is 2. The third-order valence-electron chi connectivity index (χ3n) is 4.67. The lowest BCUT2D eigenvalue weighted by Gasteiger charge is -2.21. The van der Waals surface area contributed by atoms with Crippen molar-refractivity contribution in [2.45, 2.75) is 33.1 Å². The molecule has 0 radical (unpaired) electrons. The Hall–Kier alpha value is -3.22. The summed E-state index contributed by atoms with van der Waals surface area (Å²) in [5.41, 5.74) is 1.79. The number of carbonyl (C=O) groups excluding carboxylic acids is 2. The number of esters is 1. The van der Waals surface area contributed by atoms with Crippen LogP contribution in [0.3, 0.4) is 0 Å². The minimum absolute atomic E-state index is 0.0545. The molecule has 0 aliphatic carbocycles. The zero-order valence-electron chi connectivity index (χ0n) is 16.2. The van der Waals surface area contributed by atoms with Crippen LogP contribution in [0.25, 0.3) is 0 Å². The summed E-state index contributed by atoms with van der Waals surface area (Å²) in [4.78, 5) is 35.1. The van der Waals surface area contributed by atoms with E-state index in [9.17, 15) is 19.7 Å². The van der Waals surface area contributed by atoms with Gasteiger partial charge in [-0.05, 0) is 30.0 Å². The summed E-state index contributed by atoms with van der Waals surface area (Å²) in [7, 11) is 0. The molecule has 1 amide bonds. The van der Waals surface area contributed by atoms with Crippen molar-refractivity contribution in [3.63, 3.8) is 0 Å². The van der Waals surface area contributed by atoms with Crippen molar-refractivity contribution < 1.29 is 19.2 Å². The van der Waals surface area contributed by atoms with Gasteiger partial charge in [-0.15, -0.1) is 0 Å². The summed E-state index contributed by atoms with van der Waals surface area (Å²) in [5.74, 6) is -1.33. The maximum atomic E-state index is 12.6. The lowest BCUT2D eigenvalue weighted by atomic mass is 9.86. The van der Waals surface area contributed by atoms with Gasteiger partial charge in [-0.3, -0.25) is 19.7 Å². The normalized spacial score (nSPS) is 12.7. The van der Waals surface area contributed by atoms with Gasteiger partial charge in [0.2, 0.25) is 0 Å². The van der Waals surface area contributed by atoms with Crippen LogP contribution in [0, 0.1) is 23.0 Å². The molecule has 2 atom stereocenters. The van der Waals surface area contributed by atoms with E-state index in [0.717, 1.165) is 12.0 Å². The van der Waals surface area contributed by atoms with Gasteiger partial charge in [0, 0.05) is 17.8 Å². The number of nitro benzene ring substituents is 1. The molecule has 0 saturated heterocycles. The van der Waals surface area contributed by atoms with Gasteiger partial charge in [-0.2, -0.15) is 0 Å². The van der Waals surface area contributed by atoms with Gasteiger partial charge in [0.05, 0.1) is 10.8 Å². The standard InChI is InChI=1S/C21H24N2O5/c1-4-14(2)20(16-8-6-5-7-9-16)21(25)28-13-19(24)22-18-11-10-17(23(26)27)12-15(18)3/h5-12,14,20H,4,13H2,1-3H3,(H,22,24)/t14-,20-/m0/s1. The first kappa shape index (κ1) is 21.1. The molecule has 2 aromatic carbocycles. The van der Waals surface area contributed by atoms with Crippen molar-refractivity contribution in [1.82, 2.24) is 0 Å². The van der Waals surface area contributed by atoms with E-state index in [0.29, 0.717) is 11.3 Å². The third-order valence-corrected chi connectivity index (χ3v) is 4.67. The van der Waals surface area contributed by atoms with Crippen LogP contribution >= 0.6 is 0 Å². The minimum atomic E-state index is -0.501. The van der Waals surface area contributed by atoms with Crippen LogP contribution in [0.2, 0.25) is 0 Å². The Morgan fingerprint density at radius 3 is 2.43 bits per heavy atom. The van der Waals surface area contributed by atoms with Crippen molar-refractivity contribution >= 4 is 23.3 Å². The van der Waals surface area contributed by atoms with Crippen LogP contribution in [0.4, 0.5) is 11.4 Å². The molecule has 0 heterocycles. The molecule has 148 valence electrons. The Kier molecular flexibility index (Phi) is 7.26. The summed E-state index contributed by atoms with van der Waals surface area (Å²) in [6.07, 6.45) is 0.794. The molecule has 2 rings (SSSR count). The number of rotatable bonds is 8. The topological polar surface area (TPSA) is 98.5 Å². The monoisotopic (exact) mass is 384 g/mol. The summed E-state index contributed by atoms with van der Waals surface area (Å²) in [6.45, 7) is 5.20.